The minimum Gasteiger partial charge on any atom is -0.496 e. The summed E-state index contributed by atoms with van der Waals surface area (Å²) in [6.45, 7) is 0.819. The van der Waals surface area contributed by atoms with Crippen molar-refractivity contribution in [3.8, 4) is 16.9 Å². The Labute approximate surface area is 148 Å². The summed E-state index contributed by atoms with van der Waals surface area (Å²) in [7, 11) is 2.98. The molecule has 0 saturated heterocycles. The largest absolute Gasteiger partial charge is 0.496 e. The Hall–Kier alpha value is -2.80. The van der Waals surface area contributed by atoms with Gasteiger partial charge in [0.1, 0.15) is 29.0 Å². The van der Waals surface area contributed by atoms with Gasteiger partial charge in [0.05, 0.1) is 13.7 Å². The highest BCUT2D eigenvalue weighted by Crippen LogP contribution is 2.38. The standard InChI is InChI=1S/C19H17F3N2O2/c1-25-6-5-23-19-14-8-12(21)9-16(22)18(14)15(10-24-19)13-7-11(20)3-4-17(13)26-2/h3-4,7-10H,5-6H2,1-2H3,(H,23,24). The first-order chi connectivity index (χ1) is 12.5. The van der Waals surface area contributed by atoms with Crippen LogP contribution in [0.15, 0.2) is 36.5 Å². The molecular weight excluding hydrogens is 345 g/mol. The van der Waals surface area contributed by atoms with Crippen molar-refractivity contribution in [2.24, 2.45) is 0 Å². The van der Waals surface area contributed by atoms with Gasteiger partial charge >= 0.3 is 0 Å². The van der Waals surface area contributed by atoms with Gasteiger partial charge in [-0.05, 0) is 24.3 Å². The number of rotatable bonds is 6. The van der Waals surface area contributed by atoms with Crippen molar-refractivity contribution < 1.29 is 22.6 Å². The Kier molecular flexibility index (Phi) is 5.27. The first kappa shape index (κ1) is 18.0. The summed E-state index contributed by atoms with van der Waals surface area (Å²) >= 11 is 0. The van der Waals surface area contributed by atoms with Crippen LogP contribution in [0.25, 0.3) is 21.9 Å². The average molecular weight is 362 g/mol. The topological polar surface area (TPSA) is 43.4 Å². The van der Waals surface area contributed by atoms with Crippen LogP contribution >= 0.6 is 0 Å². The van der Waals surface area contributed by atoms with E-state index in [4.69, 9.17) is 9.47 Å². The number of aromatic nitrogens is 1. The zero-order chi connectivity index (χ0) is 18.7. The van der Waals surface area contributed by atoms with Crippen molar-refractivity contribution in [2.75, 3.05) is 32.7 Å². The number of ether oxygens (including phenoxy) is 2. The third-order valence-electron chi connectivity index (χ3n) is 3.95. The number of nitrogens with one attached hydrogen (secondary N) is 1. The third-order valence-corrected chi connectivity index (χ3v) is 3.95. The summed E-state index contributed by atoms with van der Waals surface area (Å²) < 4.78 is 52.4. The number of benzene rings is 2. The van der Waals surface area contributed by atoms with Crippen molar-refractivity contribution >= 4 is 16.6 Å². The maximum absolute atomic E-state index is 14.6. The summed E-state index contributed by atoms with van der Waals surface area (Å²) in [5.74, 6) is -1.32. The molecule has 0 radical (unpaired) electrons. The second-order valence-corrected chi connectivity index (χ2v) is 5.59. The normalized spacial score (nSPS) is 11.0. The van der Waals surface area contributed by atoms with Gasteiger partial charge < -0.3 is 14.8 Å². The van der Waals surface area contributed by atoms with Gasteiger partial charge in [0.25, 0.3) is 0 Å². The van der Waals surface area contributed by atoms with Crippen LogP contribution in [0.3, 0.4) is 0 Å². The Morgan fingerprint density at radius 3 is 2.54 bits per heavy atom. The molecule has 0 fully saturated rings. The maximum Gasteiger partial charge on any atom is 0.134 e. The van der Waals surface area contributed by atoms with E-state index in [2.05, 4.69) is 10.3 Å². The number of methoxy groups -OCH3 is 2. The van der Waals surface area contributed by atoms with E-state index in [0.29, 0.717) is 35.8 Å². The summed E-state index contributed by atoms with van der Waals surface area (Å²) in [6, 6.07) is 5.90. The van der Waals surface area contributed by atoms with Gasteiger partial charge in [0.2, 0.25) is 0 Å². The molecule has 0 saturated carbocycles. The van der Waals surface area contributed by atoms with Gasteiger partial charge in [-0.15, -0.1) is 0 Å². The predicted octanol–water partition coefficient (Wildman–Crippen LogP) is 4.39. The molecule has 0 aliphatic carbocycles. The number of pyridine rings is 1. The molecule has 0 atom stereocenters. The molecule has 3 aromatic rings. The molecule has 7 heteroatoms. The van der Waals surface area contributed by atoms with Gasteiger partial charge in [-0.1, -0.05) is 0 Å². The monoisotopic (exact) mass is 362 g/mol. The Morgan fingerprint density at radius 2 is 1.81 bits per heavy atom. The fourth-order valence-electron chi connectivity index (χ4n) is 2.80. The lowest BCUT2D eigenvalue weighted by Crippen LogP contribution is -2.09. The van der Waals surface area contributed by atoms with Crippen LogP contribution in [0.4, 0.5) is 19.0 Å². The van der Waals surface area contributed by atoms with E-state index in [0.717, 1.165) is 6.07 Å². The van der Waals surface area contributed by atoms with Crippen molar-refractivity contribution in [3.63, 3.8) is 0 Å². The first-order valence-corrected chi connectivity index (χ1v) is 7.89. The molecule has 0 unspecified atom stereocenters. The predicted molar refractivity (Wildman–Crippen MR) is 94.0 cm³/mol. The minimum atomic E-state index is -0.765. The van der Waals surface area contributed by atoms with Crippen molar-refractivity contribution in [3.05, 3.63) is 54.0 Å². The molecule has 2 aromatic carbocycles. The van der Waals surface area contributed by atoms with Gasteiger partial charge in [-0.25, -0.2) is 18.2 Å². The van der Waals surface area contributed by atoms with Gasteiger partial charge in [0, 0.05) is 47.8 Å². The fraction of sp³-hybridized carbons (Fsp3) is 0.211. The number of anilines is 1. The van der Waals surface area contributed by atoms with Crippen molar-refractivity contribution in [1.82, 2.24) is 4.98 Å². The summed E-state index contributed by atoms with van der Waals surface area (Å²) in [6.07, 6.45) is 1.41. The molecule has 1 N–H and O–H groups in total. The second kappa shape index (κ2) is 7.61. The molecule has 136 valence electrons. The van der Waals surface area contributed by atoms with E-state index in [1.165, 1.54) is 37.6 Å². The highest BCUT2D eigenvalue weighted by molar-refractivity contribution is 6.03. The number of fused-ring (bicyclic) bond motifs is 1. The number of hydrogen-bond acceptors (Lipinski definition) is 4. The van der Waals surface area contributed by atoms with Gasteiger partial charge in [-0.3, -0.25) is 0 Å². The molecule has 0 aliphatic rings. The fourth-order valence-corrected chi connectivity index (χ4v) is 2.80. The van der Waals surface area contributed by atoms with E-state index < -0.39 is 17.5 Å². The summed E-state index contributed by atoms with van der Waals surface area (Å²) in [5.41, 5.74) is 0.644. The van der Waals surface area contributed by atoms with Gasteiger partial charge in [0.15, 0.2) is 0 Å². The van der Waals surface area contributed by atoms with Crippen LogP contribution in [0.5, 0.6) is 5.75 Å². The van der Waals surface area contributed by atoms with Crippen molar-refractivity contribution in [1.29, 1.82) is 0 Å². The molecule has 1 aromatic heterocycles. The SMILES string of the molecule is COCCNc1ncc(-c2cc(F)ccc2OC)c2c(F)cc(F)cc12. The Bertz CT molecular complexity index is 948. The molecule has 1 heterocycles. The van der Waals surface area contributed by atoms with Crippen LogP contribution in [0.2, 0.25) is 0 Å². The summed E-state index contributed by atoms with van der Waals surface area (Å²) in [5, 5.41) is 3.37. The molecule has 3 rings (SSSR count). The van der Waals surface area contributed by atoms with Crippen LogP contribution in [-0.4, -0.2) is 32.4 Å². The van der Waals surface area contributed by atoms with Crippen LogP contribution in [0, 0.1) is 17.5 Å². The molecule has 0 bridgehead atoms. The van der Waals surface area contributed by atoms with Crippen LogP contribution < -0.4 is 10.1 Å². The van der Waals surface area contributed by atoms with Crippen LogP contribution in [-0.2, 0) is 4.74 Å². The minimum absolute atomic E-state index is 0.130. The molecular formula is C19H17F3N2O2. The smallest absolute Gasteiger partial charge is 0.134 e. The van der Waals surface area contributed by atoms with E-state index in [1.807, 2.05) is 0 Å². The van der Waals surface area contributed by atoms with E-state index in [-0.39, 0.29) is 10.8 Å². The van der Waals surface area contributed by atoms with Crippen molar-refractivity contribution in [2.45, 2.75) is 0 Å². The molecule has 0 amide bonds. The summed E-state index contributed by atoms with van der Waals surface area (Å²) in [4.78, 5) is 4.26. The quantitative estimate of drug-likeness (QED) is 0.661. The average Bonchev–Trinajstić information content (AvgIpc) is 2.62. The Morgan fingerprint density at radius 1 is 1.00 bits per heavy atom. The van der Waals surface area contributed by atoms with E-state index >= 15 is 0 Å². The zero-order valence-corrected chi connectivity index (χ0v) is 14.3. The second-order valence-electron chi connectivity index (χ2n) is 5.59. The maximum atomic E-state index is 14.6. The highest BCUT2D eigenvalue weighted by atomic mass is 19.1. The Balaban J connectivity index is 2.25. The molecule has 0 aliphatic heterocycles. The van der Waals surface area contributed by atoms with Crippen LogP contribution in [0.1, 0.15) is 0 Å². The lowest BCUT2D eigenvalue weighted by molar-refractivity contribution is 0.210. The zero-order valence-electron chi connectivity index (χ0n) is 14.3. The number of halogens is 3. The first-order valence-electron chi connectivity index (χ1n) is 7.89. The highest BCUT2D eigenvalue weighted by Gasteiger charge is 2.18. The number of nitrogens with zero attached hydrogens (tertiary/aromatic N) is 1. The van der Waals surface area contributed by atoms with E-state index in [9.17, 15) is 13.2 Å². The lowest BCUT2D eigenvalue weighted by Gasteiger charge is -2.15. The molecule has 26 heavy (non-hydrogen) atoms. The lowest BCUT2D eigenvalue weighted by atomic mass is 9.98. The number of hydrogen-bond donors (Lipinski definition) is 1. The van der Waals surface area contributed by atoms with Gasteiger partial charge in [-0.2, -0.15) is 0 Å². The molecule has 0 spiro atoms. The third kappa shape index (κ3) is 3.43. The molecule has 4 nitrogen and oxygen atoms in total. The van der Waals surface area contributed by atoms with E-state index in [1.54, 1.807) is 7.11 Å².